The average Bonchev–Trinajstić information content (AvgIpc) is 1.86. The van der Waals surface area contributed by atoms with E-state index in [4.69, 9.17) is 5.11 Å². The first kappa shape index (κ1) is 10.7. The van der Waals surface area contributed by atoms with Crippen molar-refractivity contribution in [2.24, 2.45) is 0 Å². The van der Waals surface area contributed by atoms with Crippen LogP contribution in [0.15, 0.2) is 0 Å². The molecular weight excluding hydrogens is 164 g/mol. The van der Waals surface area contributed by atoms with Crippen LogP contribution in [-0.4, -0.2) is 36.1 Å². The fraction of sp³-hybridized carbons (Fsp3) is 0.833. The topological polar surface area (TPSA) is 61.4 Å². The summed E-state index contributed by atoms with van der Waals surface area (Å²) in [5.74, 6) is 0.484. The van der Waals surface area contributed by atoms with Gasteiger partial charge in [-0.3, -0.25) is 4.79 Å². The molecule has 3 N–H and O–H groups in total. The van der Waals surface area contributed by atoms with Crippen molar-refractivity contribution in [2.75, 3.05) is 18.8 Å². The van der Waals surface area contributed by atoms with Crippen molar-refractivity contribution < 1.29 is 9.90 Å². The molecule has 0 heterocycles. The molecule has 0 aliphatic heterocycles. The average molecular weight is 178 g/mol. The zero-order valence-corrected chi connectivity index (χ0v) is 7.40. The van der Waals surface area contributed by atoms with Gasteiger partial charge in [-0.05, 0) is 0 Å². The zero-order valence-electron chi connectivity index (χ0n) is 6.50. The number of carbonyl (C=O) groups excluding carboxylic acids is 1. The summed E-state index contributed by atoms with van der Waals surface area (Å²) in [5, 5.41) is 14.3. The summed E-state index contributed by atoms with van der Waals surface area (Å²) in [5.41, 5.74) is 0. The molecule has 0 radical (unpaired) electrons. The van der Waals surface area contributed by atoms with Crippen molar-refractivity contribution in [1.29, 1.82) is 0 Å². The van der Waals surface area contributed by atoms with E-state index in [1.54, 1.807) is 0 Å². The molecule has 0 aromatic heterocycles. The van der Waals surface area contributed by atoms with Crippen LogP contribution in [0.1, 0.15) is 6.92 Å². The van der Waals surface area contributed by atoms with Crippen LogP contribution in [0.3, 0.4) is 0 Å². The summed E-state index contributed by atoms with van der Waals surface area (Å²) in [4.78, 5) is 10.4. The highest BCUT2D eigenvalue weighted by molar-refractivity contribution is 7.80. The van der Waals surface area contributed by atoms with E-state index in [1.807, 2.05) is 0 Å². The summed E-state index contributed by atoms with van der Waals surface area (Å²) >= 11 is 3.96. The number of thiol groups is 1. The Morgan fingerprint density at radius 2 is 2.36 bits per heavy atom. The van der Waals surface area contributed by atoms with Gasteiger partial charge < -0.3 is 15.7 Å². The molecule has 0 aromatic carbocycles. The van der Waals surface area contributed by atoms with Gasteiger partial charge in [-0.1, -0.05) is 0 Å². The van der Waals surface area contributed by atoms with Crippen molar-refractivity contribution >= 4 is 18.5 Å². The van der Waals surface area contributed by atoms with Gasteiger partial charge in [0.1, 0.15) is 6.23 Å². The van der Waals surface area contributed by atoms with Crippen LogP contribution < -0.4 is 10.6 Å². The van der Waals surface area contributed by atoms with Crippen molar-refractivity contribution in [3.05, 3.63) is 0 Å². The van der Waals surface area contributed by atoms with Gasteiger partial charge in [0.15, 0.2) is 0 Å². The summed E-state index contributed by atoms with van der Waals surface area (Å²) in [7, 11) is 0. The highest BCUT2D eigenvalue weighted by Crippen LogP contribution is 1.75. The largest absolute Gasteiger partial charge is 0.372 e. The maximum absolute atomic E-state index is 10.4. The molecule has 0 spiro atoms. The lowest BCUT2D eigenvalue weighted by Crippen LogP contribution is -2.41. The lowest BCUT2D eigenvalue weighted by atomic mass is 10.5. The maximum Gasteiger partial charge on any atom is 0.218 e. The Kier molecular flexibility index (Phi) is 6.30. The van der Waals surface area contributed by atoms with Crippen LogP contribution in [-0.2, 0) is 4.79 Å². The minimum Gasteiger partial charge on any atom is -0.372 e. The van der Waals surface area contributed by atoms with Crippen LogP contribution in [0, 0.1) is 0 Å². The normalized spacial score (nSPS) is 12.6. The molecule has 4 nitrogen and oxygen atoms in total. The predicted octanol–water partition coefficient (Wildman–Crippen LogP) is -1.04. The van der Waals surface area contributed by atoms with E-state index in [2.05, 4.69) is 23.3 Å². The molecular formula is C6H14N2O2S. The molecule has 1 amide bonds. The monoisotopic (exact) mass is 178 g/mol. The van der Waals surface area contributed by atoms with E-state index >= 15 is 0 Å². The molecule has 0 fully saturated rings. The molecule has 0 saturated heterocycles. The van der Waals surface area contributed by atoms with Crippen molar-refractivity contribution in [3.63, 3.8) is 0 Å². The van der Waals surface area contributed by atoms with E-state index in [0.717, 1.165) is 6.54 Å². The molecule has 0 aromatic rings. The van der Waals surface area contributed by atoms with Crippen LogP contribution in [0.2, 0.25) is 0 Å². The van der Waals surface area contributed by atoms with Gasteiger partial charge in [-0.25, -0.2) is 0 Å². The first-order valence-corrected chi connectivity index (χ1v) is 4.07. The molecule has 0 rings (SSSR count). The summed E-state index contributed by atoms with van der Waals surface area (Å²) in [6, 6.07) is 0. The van der Waals surface area contributed by atoms with Crippen molar-refractivity contribution in [1.82, 2.24) is 10.6 Å². The Labute approximate surface area is 71.8 Å². The number of aliphatic hydroxyl groups is 1. The highest BCUT2D eigenvalue weighted by atomic mass is 32.1. The SMILES string of the molecule is CC(=O)NC(O)CNCCS. The second-order valence-electron chi connectivity index (χ2n) is 2.14. The standard InChI is InChI=1S/C6H14N2O2S/c1-5(9)8-6(10)4-7-2-3-11/h6-7,10-11H,2-4H2,1H3,(H,8,9). The van der Waals surface area contributed by atoms with E-state index in [9.17, 15) is 4.79 Å². The maximum atomic E-state index is 10.4. The Hall–Kier alpha value is -0.260. The second-order valence-corrected chi connectivity index (χ2v) is 2.59. The quantitative estimate of drug-likeness (QED) is 0.247. The van der Waals surface area contributed by atoms with Gasteiger partial charge in [0.05, 0.1) is 0 Å². The van der Waals surface area contributed by atoms with Gasteiger partial charge >= 0.3 is 0 Å². The number of nitrogens with one attached hydrogen (secondary N) is 2. The summed E-state index contributed by atoms with van der Waals surface area (Å²) in [6.45, 7) is 2.45. The van der Waals surface area contributed by atoms with Crippen molar-refractivity contribution in [2.45, 2.75) is 13.2 Å². The van der Waals surface area contributed by atoms with E-state index < -0.39 is 6.23 Å². The number of amides is 1. The van der Waals surface area contributed by atoms with Crippen LogP contribution >= 0.6 is 12.6 Å². The Balaban J connectivity index is 3.22. The second kappa shape index (κ2) is 6.45. The van der Waals surface area contributed by atoms with Gasteiger partial charge in [-0.15, -0.1) is 0 Å². The fourth-order valence-electron chi connectivity index (χ4n) is 0.603. The molecule has 66 valence electrons. The number of hydrogen-bond acceptors (Lipinski definition) is 4. The van der Waals surface area contributed by atoms with Gasteiger partial charge in [0.25, 0.3) is 0 Å². The lowest BCUT2D eigenvalue weighted by molar-refractivity contribution is -0.121. The molecule has 0 aliphatic rings. The Morgan fingerprint density at radius 3 is 2.82 bits per heavy atom. The van der Waals surface area contributed by atoms with Gasteiger partial charge in [0.2, 0.25) is 5.91 Å². The third-order valence-electron chi connectivity index (χ3n) is 0.996. The molecule has 0 aliphatic carbocycles. The number of carbonyl (C=O) groups is 1. The smallest absolute Gasteiger partial charge is 0.218 e. The molecule has 5 heteroatoms. The summed E-state index contributed by atoms with van der Waals surface area (Å²) in [6.07, 6.45) is -0.799. The van der Waals surface area contributed by atoms with E-state index in [-0.39, 0.29) is 5.91 Å². The lowest BCUT2D eigenvalue weighted by Gasteiger charge is -2.11. The van der Waals surface area contributed by atoms with Crippen LogP contribution in [0.4, 0.5) is 0 Å². The van der Waals surface area contributed by atoms with Crippen LogP contribution in [0.5, 0.6) is 0 Å². The highest BCUT2D eigenvalue weighted by Gasteiger charge is 2.02. The van der Waals surface area contributed by atoms with E-state index in [0.29, 0.717) is 12.3 Å². The number of rotatable bonds is 5. The zero-order chi connectivity index (χ0) is 8.69. The number of aliphatic hydroxyl groups excluding tert-OH is 1. The van der Waals surface area contributed by atoms with E-state index in [1.165, 1.54) is 6.92 Å². The molecule has 1 unspecified atom stereocenters. The number of hydrogen-bond donors (Lipinski definition) is 4. The first-order valence-electron chi connectivity index (χ1n) is 3.43. The molecule has 0 bridgehead atoms. The minimum atomic E-state index is -0.799. The van der Waals surface area contributed by atoms with Gasteiger partial charge in [-0.2, -0.15) is 12.6 Å². The van der Waals surface area contributed by atoms with Gasteiger partial charge in [0, 0.05) is 25.8 Å². The summed E-state index contributed by atoms with van der Waals surface area (Å²) < 4.78 is 0. The van der Waals surface area contributed by atoms with Crippen LogP contribution in [0.25, 0.3) is 0 Å². The fourth-order valence-corrected chi connectivity index (χ4v) is 0.762. The first-order chi connectivity index (χ1) is 5.16. The third kappa shape index (κ3) is 7.64. The molecule has 1 atom stereocenters. The Morgan fingerprint density at radius 1 is 1.73 bits per heavy atom. The molecule has 0 saturated carbocycles. The Bertz CT molecular complexity index is 121. The van der Waals surface area contributed by atoms with Crippen molar-refractivity contribution in [3.8, 4) is 0 Å². The predicted molar refractivity (Wildman–Crippen MR) is 46.5 cm³/mol. The minimum absolute atomic E-state index is 0.231. The molecule has 11 heavy (non-hydrogen) atoms. The third-order valence-corrected chi connectivity index (χ3v) is 1.22.